The first-order valence-corrected chi connectivity index (χ1v) is 8.05. The molecule has 0 aromatic heterocycles. The van der Waals surface area contributed by atoms with Gasteiger partial charge in [0.2, 0.25) is 0 Å². The van der Waals surface area contributed by atoms with Gasteiger partial charge in [-0.2, -0.15) is 0 Å². The molecule has 0 amide bonds. The number of benzene rings is 1. The Kier molecular flexibility index (Phi) is 6.93. The van der Waals surface area contributed by atoms with Crippen LogP contribution in [0.15, 0.2) is 29.2 Å². The molecule has 0 atom stereocenters. The molecule has 1 aromatic rings. The molecule has 20 heavy (non-hydrogen) atoms. The molecule has 0 saturated carbocycles. The molecule has 112 valence electrons. The fourth-order valence-electron chi connectivity index (χ4n) is 1.74. The van der Waals surface area contributed by atoms with Crippen LogP contribution in [0.2, 0.25) is 0 Å². The van der Waals surface area contributed by atoms with Crippen LogP contribution in [0.25, 0.3) is 0 Å². The van der Waals surface area contributed by atoms with Crippen molar-refractivity contribution in [2.45, 2.75) is 57.0 Å². The number of carbonyl (C=O) groups excluding carboxylic acids is 1. The molecule has 0 heterocycles. The maximum absolute atomic E-state index is 11.5. The third-order valence-corrected chi connectivity index (χ3v) is 3.65. The van der Waals surface area contributed by atoms with Crippen molar-refractivity contribution in [1.29, 1.82) is 0 Å². The highest BCUT2D eigenvalue weighted by molar-refractivity contribution is 7.99. The van der Waals surface area contributed by atoms with E-state index in [1.165, 1.54) is 4.90 Å². The van der Waals surface area contributed by atoms with Crippen LogP contribution in [0.5, 0.6) is 0 Å². The average molecular weight is 295 g/mol. The van der Waals surface area contributed by atoms with Gasteiger partial charge in [-0.1, -0.05) is 12.5 Å². The lowest BCUT2D eigenvalue weighted by molar-refractivity contribution is -0.154. The van der Waals surface area contributed by atoms with Gasteiger partial charge in [-0.25, -0.2) is 0 Å². The van der Waals surface area contributed by atoms with E-state index in [2.05, 4.69) is 6.07 Å². The Labute approximate surface area is 126 Å². The van der Waals surface area contributed by atoms with Gasteiger partial charge in [-0.05, 0) is 57.6 Å². The molecule has 1 aromatic carbocycles. The van der Waals surface area contributed by atoms with Gasteiger partial charge in [-0.15, -0.1) is 11.8 Å². The van der Waals surface area contributed by atoms with E-state index < -0.39 is 0 Å². The standard InChI is InChI=1S/C16H25NO2S/c1-16(2,3)19-15(18)10-5-4-6-11-20-14-9-7-8-13(17)12-14/h7-9,12H,4-6,10-11,17H2,1-3H3. The summed E-state index contributed by atoms with van der Waals surface area (Å²) in [4.78, 5) is 12.7. The number of hydrogen-bond acceptors (Lipinski definition) is 4. The molecule has 3 nitrogen and oxygen atoms in total. The monoisotopic (exact) mass is 295 g/mol. The van der Waals surface area contributed by atoms with Crippen LogP contribution in [-0.4, -0.2) is 17.3 Å². The van der Waals surface area contributed by atoms with Crippen molar-refractivity contribution < 1.29 is 9.53 Å². The number of anilines is 1. The first kappa shape index (κ1) is 16.9. The number of hydrogen-bond donors (Lipinski definition) is 1. The second kappa shape index (κ2) is 8.20. The zero-order valence-electron chi connectivity index (χ0n) is 12.6. The number of esters is 1. The van der Waals surface area contributed by atoms with Gasteiger partial charge in [0.25, 0.3) is 0 Å². The fourth-order valence-corrected chi connectivity index (χ4v) is 2.71. The minimum atomic E-state index is -0.375. The third kappa shape index (κ3) is 8.10. The maximum Gasteiger partial charge on any atom is 0.306 e. The molecule has 0 aliphatic heterocycles. The van der Waals surface area contributed by atoms with Crippen LogP contribution in [0.3, 0.4) is 0 Å². The van der Waals surface area contributed by atoms with Gasteiger partial charge in [0.1, 0.15) is 5.60 Å². The Morgan fingerprint density at radius 3 is 2.65 bits per heavy atom. The number of thioether (sulfide) groups is 1. The van der Waals surface area contributed by atoms with E-state index in [1.54, 1.807) is 0 Å². The summed E-state index contributed by atoms with van der Waals surface area (Å²) in [6.07, 6.45) is 3.56. The summed E-state index contributed by atoms with van der Waals surface area (Å²) < 4.78 is 5.27. The van der Waals surface area contributed by atoms with Crippen molar-refractivity contribution in [2.75, 3.05) is 11.5 Å². The molecule has 1 rings (SSSR count). The highest BCUT2D eigenvalue weighted by Crippen LogP contribution is 2.21. The van der Waals surface area contributed by atoms with Crippen molar-refractivity contribution in [3.8, 4) is 0 Å². The highest BCUT2D eigenvalue weighted by Gasteiger charge is 2.15. The molecule has 0 saturated heterocycles. The molecule has 0 aliphatic carbocycles. The van der Waals surface area contributed by atoms with Gasteiger partial charge >= 0.3 is 5.97 Å². The lowest BCUT2D eigenvalue weighted by atomic mass is 10.2. The second-order valence-corrected chi connectivity index (χ2v) is 6.99. The van der Waals surface area contributed by atoms with Crippen molar-refractivity contribution in [2.24, 2.45) is 0 Å². The number of nitrogens with two attached hydrogens (primary N) is 1. The van der Waals surface area contributed by atoms with Gasteiger partial charge in [0.15, 0.2) is 0 Å². The zero-order valence-corrected chi connectivity index (χ0v) is 13.5. The van der Waals surface area contributed by atoms with E-state index >= 15 is 0 Å². The maximum atomic E-state index is 11.5. The fraction of sp³-hybridized carbons (Fsp3) is 0.562. The smallest absolute Gasteiger partial charge is 0.306 e. The number of rotatable bonds is 7. The first-order valence-electron chi connectivity index (χ1n) is 7.07. The summed E-state index contributed by atoms with van der Waals surface area (Å²) in [5, 5.41) is 0. The van der Waals surface area contributed by atoms with E-state index in [9.17, 15) is 4.79 Å². The van der Waals surface area contributed by atoms with Crippen molar-refractivity contribution in [3.05, 3.63) is 24.3 Å². The predicted octanol–water partition coefficient (Wildman–Crippen LogP) is 4.26. The van der Waals surface area contributed by atoms with Crippen LogP contribution in [-0.2, 0) is 9.53 Å². The normalized spacial score (nSPS) is 11.3. The average Bonchev–Trinajstić information content (AvgIpc) is 2.31. The van der Waals surface area contributed by atoms with E-state index in [0.717, 1.165) is 30.7 Å². The van der Waals surface area contributed by atoms with Crippen LogP contribution < -0.4 is 5.73 Å². The van der Waals surface area contributed by atoms with Crippen molar-refractivity contribution >= 4 is 23.4 Å². The Bertz CT molecular complexity index is 427. The Balaban J connectivity index is 2.07. The van der Waals surface area contributed by atoms with Crippen molar-refractivity contribution in [1.82, 2.24) is 0 Å². The molecule has 4 heteroatoms. The molecule has 0 unspecified atom stereocenters. The number of carbonyl (C=O) groups is 1. The van der Waals surface area contributed by atoms with E-state index in [1.807, 2.05) is 50.7 Å². The van der Waals surface area contributed by atoms with Crippen molar-refractivity contribution in [3.63, 3.8) is 0 Å². The SMILES string of the molecule is CC(C)(C)OC(=O)CCCCCSc1cccc(N)c1. The minimum Gasteiger partial charge on any atom is -0.460 e. The summed E-state index contributed by atoms with van der Waals surface area (Å²) in [5.74, 6) is 0.957. The summed E-state index contributed by atoms with van der Waals surface area (Å²) in [5.41, 5.74) is 6.16. The molecule has 0 fully saturated rings. The number of ether oxygens (including phenoxy) is 1. The molecular weight excluding hydrogens is 270 g/mol. The van der Waals surface area contributed by atoms with Gasteiger partial charge < -0.3 is 10.5 Å². The number of nitrogen functional groups attached to an aromatic ring is 1. The minimum absolute atomic E-state index is 0.0963. The predicted molar refractivity (Wildman–Crippen MR) is 85.9 cm³/mol. The van der Waals surface area contributed by atoms with Crippen LogP contribution >= 0.6 is 11.8 Å². The van der Waals surface area contributed by atoms with Gasteiger partial charge in [-0.3, -0.25) is 4.79 Å². The number of unbranched alkanes of at least 4 members (excludes halogenated alkanes) is 2. The van der Waals surface area contributed by atoms with E-state index in [0.29, 0.717) is 6.42 Å². The summed E-state index contributed by atoms with van der Waals surface area (Å²) in [6, 6.07) is 7.93. The first-order chi connectivity index (χ1) is 9.37. The summed E-state index contributed by atoms with van der Waals surface area (Å²) >= 11 is 1.81. The second-order valence-electron chi connectivity index (χ2n) is 5.82. The lowest BCUT2D eigenvalue weighted by Gasteiger charge is -2.19. The lowest BCUT2D eigenvalue weighted by Crippen LogP contribution is -2.23. The zero-order chi connectivity index (χ0) is 15.0. The quantitative estimate of drug-likeness (QED) is 0.353. The molecular formula is C16H25NO2S. The Hall–Kier alpha value is -1.16. The highest BCUT2D eigenvalue weighted by atomic mass is 32.2. The third-order valence-electron chi connectivity index (χ3n) is 2.57. The molecule has 0 radical (unpaired) electrons. The molecule has 0 spiro atoms. The van der Waals surface area contributed by atoms with E-state index in [4.69, 9.17) is 10.5 Å². The van der Waals surface area contributed by atoms with Gasteiger partial charge in [0, 0.05) is 17.0 Å². The topological polar surface area (TPSA) is 52.3 Å². The molecule has 0 aliphatic rings. The molecule has 0 bridgehead atoms. The summed E-state index contributed by atoms with van der Waals surface area (Å²) in [7, 11) is 0. The van der Waals surface area contributed by atoms with Crippen LogP contribution in [0, 0.1) is 0 Å². The van der Waals surface area contributed by atoms with Crippen LogP contribution in [0.1, 0.15) is 46.5 Å². The molecule has 2 N–H and O–H groups in total. The van der Waals surface area contributed by atoms with Gasteiger partial charge in [0.05, 0.1) is 0 Å². The summed E-state index contributed by atoms with van der Waals surface area (Å²) in [6.45, 7) is 5.69. The largest absolute Gasteiger partial charge is 0.460 e. The Morgan fingerprint density at radius 1 is 1.25 bits per heavy atom. The van der Waals surface area contributed by atoms with E-state index in [-0.39, 0.29) is 11.6 Å². The Morgan fingerprint density at radius 2 is 2.00 bits per heavy atom. The van der Waals surface area contributed by atoms with Crippen LogP contribution in [0.4, 0.5) is 5.69 Å².